The Morgan fingerprint density at radius 1 is 0.909 bits per heavy atom. The van der Waals surface area contributed by atoms with Crippen LogP contribution < -0.4 is 4.74 Å². The number of carbonyl (C=O) groups excluding carboxylic acids is 2. The number of amides is 2. The molecule has 1 saturated heterocycles. The molecule has 1 aliphatic rings. The van der Waals surface area contributed by atoms with Gasteiger partial charge in [0.15, 0.2) is 0 Å². The zero-order valence-electron chi connectivity index (χ0n) is 19.2. The summed E-state index contributed by atoms with van der Waals surface area (Å²) >= 11 is 0. The predicted molar refractivity (Wildman–Crippen MR) is 130 cm³/mol. The average molecular weight is 443 g/mol. The van der Waals surface area contributed by atoms with Gasteiger partial charge in [-0.3, -0.25) is 9.59 Å². The van der Waals surface area contributed by atoms with E-state index in [9.17, 15) is 9.59 Å². The van der Waals surface area contributed by atoms with Gasteiger partial charge in [0, 0.05) is 32.2 Å². The van der Waals surface area contributed by atoms with Crippen LogP contribution in [0.3, 0.4) is 0 Å². The molecular formula is C28H30N2O3. The minimum Gasteiger partial charge on any atom is -0.496 e. The van der Waals surface area contributed by atoms with E-state index in [0.717, 1.165) is 22.3 Å². The minimum atomic E-state index is -0.288. The third kappa shape index (κ3) is 5.25. The summed E-state index contributed by atoms with van der Waals surface area (Å²) < 4.78 is 5.41. The highest BCUT2D eigenvalue weighted by Gasteiger charge is 2.31. The molecule has 170 valence electrons. The molecular weight excluding hydrogens is 412 g/mol. The molecule has 1 atom stereocenters. The van der Waals surface area contributed by atoms with Gasteiger partial charge in [0.1, 0.15) is 5.75 Å². The fourth-order valence-electron chi connectivity index (χ4n) is 4.49. The molecule has 4 rings (SSSR count). The van der Waals surface area contributed by atoms with Crippen molar-refractivity contribution >= 4 is 11.8 Å². The predicted octanol–water partition coefficient (Wildman–Crippen LogP) is 4.06. The maximum Gasteiger partial charge on any atom is 0.227 e. The molecule has 5 heteroatoms. The van der Waals surface area contributed by atoms with Crippen LogP contribution in [0.2, 0.25) is 0 Å². The molecule has 33 heavy (non-hydrogen) atoms. The first-order chi connectivity index (χ1) is 16.1. The van der Waals surface area contributed by atoms with Crippen LogP contribution in [0.1, 0.15) is 11.1 Å². The number of carbonyl (C=O) groups is 2. The Labute approximate surface area is 195 Å². The van der Waals surface area contributed by atoms with E-state index in [1.54, 1.807) is 12.0 Å². The minimum absolute atomic E-state index is 0.0175. The smallest absolute Gasteiger partial charge is 0.227 e. The molecule has 1 fully saturated rings. The van der Waals surface area contributed by atoms with Crippen LogP contribution in [0.5, 0.6) is 5.75 Å². The molecule has 1 aliphatic heterocycles. The maximum absolute atomic E-state index is 13.2. The summed E-state index contributed by atoms with van der Waals surface area (Å²) in [6.45, 7) is 1.49. The number of ether oxygens (including phenoxy) is 1. The largest absolute Gasteiger partial charge is 0.496 e. The first-order valence-corrected chi connectivity index (χ1v) is 11.3. The molecule has 0 radical (unpaired) electrons. The first kappa shape index (κ1) is 22.6. The van der Waals surface area contributed by atoms with Crippen molar-refractivity contribution in [1.29, 1.82) is 0 Å². The molecule has 0 N–H and O–H groups in total. The zero-order chi connectivity index (χ0) is 23.2. The lowest BCUT2D eigenvalue weighted by molar-refractivity contribution is -0.133. The highest BCUT2D eigenvalue weighted by Crippen LogP contribution is 2.27. The molecule has 1 heterocycles. The Kier molecular flexibility index (Phi) is 7.08. The number of para-hydroxylation sites is 1. The molecule has 0 aliphatic carbocycles. The standard InChI is InChI=1S/C28H30N2O3/c1-29-16-17-30(27(31)19-23-13-7-9-15-26(23)33-2)20-24(28(29)32)18-22-12-6-8-14-25(22)21-10-4-3-5-11-21/h3-15,24H,16-20H2,1-2H3/t24-/m1/s1. The van der Waals surface area contributed by atoms with Crippen LogP contribution in [-0.2, 0) is 22.4 Å². The summed E-state index contributed by atoms with van der Waals surface area (Å²) in [5.74, 6) is 0.528. The zero-order valence-corrected chi connectivity index (χ0v) is 19.2. The van der Waals surface area contributed by atoms with E-state index in [4.69, 9.17) is 4.74 Å². The van der Waals surface area contributed by atoms with Gasteiger partial charge >= 0.3 is 0 Å². The lowest BCUT2D eigenvalue weighted by atomic mass is 9.91. The van der Waals surface area contributed by atoms with E-state index >= 15 is 0 Å². The number of rotatable bonds is 6. The molecule has 2 amide bonds. The molecule has 0 spiro atoms. The summed E-state index contributed by atoms with van der Waals surface area (Å²) in [7, 11) is 3.44. The third-order valence-electron chi connectivity index (χ3n) is 6.33. The van der Waals surface area contributed by atoms with Crippen LogP contribution in [0, 0.1) is 5.92 Å². The van der Waals surface area contributed by atoms with Gasteiger partial charge in [-0.25, -0.2) is 0 Å². The molecule has 0 saturated carbocycles. The van der Waals surface area contributed by atoms with Crippen LogP contribution in [0.4, 0.5) is 0 Å². The van der Waals surface area contributed by atoms with Crippen LogP contribution in [0.15, 0.2) is 78.9 Å². The molecule has 0 aromatic heterocycles. The maximum atomic E-state index is 13.2. The fourth-order valence-corrected chi connectivity index (χ4v) is 4.49. The van der Waals surface area contributed by atoms with Gasteiger partial charge < -0.3 is 14.5 Å². The van der Waals surface area contributed by atoms with Crippen LogP contribution in [0.25, 0.3) is 11.1 Å². The van der Waals surface area contributed by atoms with E-state index in [1.807, 2.05) is 66.5 Å². The van der Waals surface area contributed by atoms with Gasteiger partial charge in [-0.1, -0.05) is 72.8 Å². The second kappa shape index (κ2) is 10.3. The normalized spacial score (nSPS) is 16.4. The van der Waals surface area contributed by atoms with E-state index in [2.05, 4.69) is 24.3 Å². The molecule has 0 bridgehead atoms. The molecule has 3 aromatic carbocycles. The summed E-state index contributed by atoms with van der Waals surface area (Å²) in [4.78, 5) is 30.0. The highest BCUT2D eigenvalue weighted by atomic mass is 16.5. The lowest BCUT2D eigenvalue weighted by Gasteiger charge is -2.24. The Balaban J connectivity index is 1.56. The summed E-state index contributed by atoms with van der Waals surface area (Å²) in [5.41, 5.74) is 4.24. The van der Waals surface area contributed by atoms with Crippen molar-refractivity contribution in [3.05, 3.63) is 90.0 Å². The summed E-state index contributed by atoms with van der Waals surface area (Å²) in [6.07, 6.45) is 0.849. The quantitative estimate of drug-likeness (QED) is 0.578. The van der Waals surface area contributed by atoms with Gasteiger partial charge in [-0.2, -0.15) is 0 Å². The Morgan fingerprint density at radius 2 is 1.58 bits per heavy atom. The van der Waals surface area contributed by atoms with Gasteiger partial charge in [0.25, 0.3) is 0 Å². The molecule has 3 aromatic rings. The third-order valence-corrected chi connectivity index (χ3v) is 6.33. The van der Waals surface area contributed by atoms with Gasteiger partial charge in [-0.05, 0) is 29.2 Å². The van der Waals surface area contributed by atoms with Crippen molar-refractivity contribution < 1.29 is 14.3 Å². The number of hydrogen-bond donors (Lipinski definition) is 0. The molecule has 0 unspecified atom stereocenters. The average Bonchev–Trinajstić information content (AvgIpc) is 2.99. The highest BCUT2D eigenvalue weighted by molar-refractivity contribution is 5.83. The molecule has 5 nitrogen and oxygen atoms in total. The lowest BCUT2D eigenvalue weighted by Crippen LogP contribution is -2.38. The number of likely N-dealkylation sites (N-methyl/N-ethyl adjacent to an activating group) is 1. The number of nitrogens with zero attached hydrogens (tertiary/aromatic N) is 2. The van der Waals surface area contributed by atoms with Crippen molar-refractivity contribution in [2.75, 3.05) is 33.8 Å². The van der Waals surface area contributed by atoms with Crippen molar-refractivity contribution in [1.82, 2.24) is 9.80 Å². The number of methoxy groups -OCH3 is 1. The summed E-state index contributed by atoms with van der Waals surface area (Å²) in [5, 5.41) is 0. The second-order valence-corrected chi connectivity index (χ2v) is 8.51. The Hall–Kier alpha value is -3.60. The van der Waals surface area contributed by atoms with Gasteiger partial charge in [-0.15, -0.1) is 0 Å². The van der Waals surface area contributed by atoms with Crippen molar-refractivity contribution in [3.63, 3.8) is 0 Å². The second-order valence-electron chi connectivity index (χ2n) is 8.51. The van der Waals surface area contributed by atoms with E-state index < -0.39 is 0 Å². The van der Waals surface area contributed by atoms with E-state index in [-0.39, 0.29) is 24.2 Å². The monoisotopic (exact) mass is 442 g/mol. The van der Waals surface area contributed by atoms with Crippen molar-refractivity contribution in [3.8, 4) is 16.9 Å². The van der Waals surface area contributed by atoms with Crippen LogP contribution in [-0.4, -0.2) is 55.4 Å². The Bertz CT molecular complexity index is 1110. The van der Waals surface area contributed by atoms with Gasteiger partial charge in [0.2, 0.25) is 11.8 Å². The number of hydrogen-bond acceptors (Lipinski definition) is 3. The van der Waals surface area contributed by atoms with E-state index in [0.29, 0.717) is 31.8 Å². The van der Waals surface area contributed by atoms with Crippen molar-refractivity contribution in [2.24, 2.45) is 5.92 Å². The van der Waals surface area contributed by atoms with Crippen LogP contribution >= 0.6 is 0 Å². The van der Waals surface area contributed by atoms with Gasteiger partial charge in [0.05, 0.1) is 19.4 Å². The van der Waals surface area contributed by atoms with E-state index in [1.165, 1.54) is 0 Å². The first-order valence-electron chi connectivity index (χ1n) is 11.3. The fraction of sp³-hybridized carbons (Fsp3) is 0.286. The summed E-state index contributed by atoms with van der Waals surface area (Å²) in [6, 6.07) is 26.0. The Morgan fingerprint density at radius 3 is 2.33 bits per heavy atom. The van der Waals surface area contributed by atoms with Crippen molar-refractivity contribution in [2.45, 2.75) is 12.8 Å². The SMILES string of the molecule is COc1ccccc1CC(=O)N1CCN(C)C(=O)[C@H](Cc2ccccc2-c2ccccc2)C1. The topological polar surface area (TPSA) is 49.9 Å². The number of benzene rings is 3.